The van der Waals surface area contributed by atoms with Crippen LogP contribution in [0.5, 0.6) is 0 Å². The molecule has 0 fully saturated rings. The predicted octanol–water partition coefficient (Wildman–Crippen LogP) is 1.94. The average molecular weight is 158 g/mol. The van der Waals surface area contributed by atoms with E-state index in [0.717, 1.165) is 12.1 Å². The van der Waals surface area contributed by atoms with Crippen molar-refractivity contribution in [1.82, 2.24) is 0 Å². The summed E-state index contributed by atoms with van der Waals surface area (Å²) in [5, 5.41) is 2.30. The van der Waals surface area contributed by atoms with Crippen LogP contribution in [0.2, 0.25) is 0 Å². The summed E-state index contributed by atoms with van der Waals surface area (Å²) < 4.78 is 25.0. The number of nitrogens with two attached hydrogens (primary N) is 1. The Morgan fingerprint density at radius 2 is 2.00 bits per heavy atom. The number of nitrogens with zero attached hydrogens (tertiary/aromatic N) is 1. The molecule has 1 rings (SSSR count). The fourth-order valence-corrected chi connectivity index (χ4v) is 0.628. The van der Waals surface area contributed by atoms with Crippen LogP contribution in [0.3, 0.4) is 0 Å². The minimum Gasteiger partial charge on any atom is -0.394 e. The standard InChI is InChI=1S/C6H4F2N2O/c7-3-1-2-4(10-11)5(8)6(3)9/h1-2H,9H2. The fourth-order valence-electron chi connectivity index (χ4n) is 0.628. The van der Waals surface area contributed by atoms with Crippen LogP contribution in [-0.2, 0) is 0 Å². The van der Waals surface area contributed by atoms with Crippen molar-refractivity contribution in [2.24, 2.45) is 5.18 Å². The lowest BCUT2D eigenvalue weighted by atomic mass is 10.2. The van der Waals surface area contributed by atoms with E-state index in [0.29, 0.717) is 0 Å². The van der Waals surface area contributed by atoms with Crippen molar-refractivity contribution in [3.05, 3.63) is 28.7 Å². The maximum Gasteiger partial charge on any atom is 0.178 e. The Hall–Kier alpha value is -1.52. The fraction of sp³-hybridized carbons (Fsp3) is 0. The maximum atomic E-state index is 12.6. The molecule has 0 saturated heterocycles. The van der Waals surface area contributed by atoms with Gasteiger partial charge in [0.25, 0.3) is 0 Å². The van der Waals surface area contributed by atoms with Crippen molar-refractivity contribution in [1.29, 1.82) is 0 Å². The van der Waals surface area contributed by atoms with Gasteiger partial charge in [0, 0.05) is 0 Å². The van der Waals surface area contributed by atoms with Gasteiger partial charge in [-0.3, -0.25) is 0 Å². The Labute approximate surface area is 60.8 Å². The smallest absolute Gasteiger partial charge is 0.178 e. The van der Waals surface area contributed by atoms with E-state index >= 15 is 0 Å². The van der Waals surface area contributed by atoms with E-state index < -0.39 is 23.0 Å². The maximum absolute atomic E-state index is 12.6. The molecular weight excluding hydrogens is 154 g/mol. The summed E-state index contributed by atoms with van der Waals surface area (Å²) >= 11 is 0. The van der Waals surface area contributed by atoms with Crippen LogP contribution >= 0.6 is 0 Å². The highest BCUT2D eigenvalue weighted by atomic mass is 19.1. The monoisotopic (exact) mass is 158 g/mol. The number of benzene rings is 1. The number of nitrogen functional groups attached to an aromatic ring is 1. The zero-order chi connectivity index (χ0) is 8.43. The highest BCUT2D eigenvalue weighted by Gasteiger charge is 2.09. The van der Waals surface area contributed by atoms with Gasteiger partial charge in [0.15, 0.2) is 5.82 Å². The molecule has 0 amide bonds. The number of hydrogen-bond donors (Lipinski definition) is 1. The lowest BCUT2D eigenvalue weighted by Crippen LogP contribution is -1.94. The van der Waals surface area contributed by atoms with Crippen LogP contribution in [-0.4, -0.2) is 0 Å². The number of nitroso groups, excluding NO2 is 1. The van der Waals surface area contributed by atoms with Crippen LogP contribution in [0.15, 0.2) is 17.3 Å². The third-order valence-electron chi connectivity index (χ3n) is 1.20. The van der Waals surface area contributed by atoms with Gasteiger partial charge in [-0.15, -0.1) is 4.91 Å². The SMILES string of the molecule is Nc1c(F)ccc(N=O)c1F. The molecule has 0 atom stereocenters. The van der Waals surface area contributed by atoms with Gasteiger partial charge >= 0.3 is 0 Å². The molecule has 1 aromatic carbocycles. The molecule has 0 unspecified atom stereocenters. The van der Waals surface area contributed by atoms with Crippen molar-refractivity contribution >= 4 is 11.4 Å². The molecule has 58 valence electrons. The zero-order valence-corrected chi connectivity index (χ0v) is 5.34. The van der Waals surface area contributed by atoms with Gasteiger partial charge < -0.3 is 5.73 Å². The van der Waals surface area contributed by atoms with E-state index in [-0.39, 0.29) is 0 Å². The van der Waals surface area contributed by atoms with Gasteiger partial charge in [0.05, 0.1) is 0 Å². The number of hydrogen-bond acceptors (Lipinski definition) is 3. The lowest BCUT2D eigenvalue weighted by molar-refractivity contribution is 0.593. The van der Waals surface area contributed by atoms with E-state index in [1.54, 1.807) is 0 Å². The Morgan fingerprint density at radius 1 is 1.36 bits per heavy atom. The first-order valence-corrected chi connectivity index (χ1v) is 2.73. The molecule has 2 N–H and O–H groups in total. The summed E-state index contributed by atoms with van der Waals surface area (Å²) in [4.78, 5) is 9.82. The second-order valence-corrected chi connectivity index (χ2v) is 1.89. The van der Waals surface area contributed by atoms with Crippen molar-refractivity contribution < 1.29 is 8.78 Å². The van der Waals surface area contributed by atoms with E-state index in [9.17, 15) is 13.7 Å². The minimum atomic E-state index is -1.11. The van der Waals surface area contributed by atoms with Gasteiger partial charge in [-0.2, -0.15) is 0 Å². The molecule has 0 aliphatic heterocycles. The molecule has 0 aliphatic rings. The van der Waals surface area contributed by atoms with Gasteiger partial charge in [0.2, 0.25) is 0 Å². The Balaban J connectivity index is 3.36. The number of rotatable bonds is 1. The molecule has 0 aliphatic carbocycles. The molecular formula is C6H4F2N2O. The van der Waals surface area contributed by atoms with Gasteiger partial charge in [-0.1, -0.05) is 0 Å². The van der Waals surface area contributed by atoms with Crippen molar-refractivity contribution in [2.75, 3.05) is 5.73 Å². The molecule has 0 radical (unpaired) electrons. The quantitative estimate of drug-likeness (QED) is 0.501. The van der Waals surface area contributed by atoms with E-state index in [1.807, 2.05) is 0 Å². The normalized spacial score (nSPS) is 9.64. The third-order valence-corrected chi connectivity index (χ3v) is 1.20. The second kappa shape index (κ2) is 2.61. The molecule has 1 aromatic rings. The van der Waals surface area contributed by atoms with Crippen LogP contribution in [0.4, 0.5) is 20.2 Å². The Morgan fingerprint density at radius 3 is 2.55 bits per heavy atom. The predicted molar refractivity (Wildman–Crippen MR) is 36.2 cm³/mol. The largest absolute Gasteiger partial charge is 0.394 e. The molecule has 5 heteroatoms. The lowest BCUT2D eigenvalue weighted by Gasteiger charge is -1.97. The van der Waals surface area contributed by atoms with Gasteiger partial charge in [-0.25, -0.2) is 8.78 Å². The first-order valence-electron chi connectivity index (χ1n) is 2.73. The number of halogens is 2. The Bertz CT molecular complexity index is 301. The summed E-state index contributed by atoms with van der Waals surface area (Å²) in [7, 11) is 0. The molecule has 11 heavy (non-hydrogen) atoms. The topological polar surface area (TPSA) is 55.4 Å². The van der Waals surface area contributed by atoms with Crippen molar-refractivity contribution in [2.45, 2.75) is 0 Å². The molecule has 0 bridgehead atoms. The summed E-state index contributed by atoms with van der Waals surface area (Å²) in [6.07, 6.45) is 0. The zero-order valence-electron chi connectivity index (χ0n) is 5.34. The van der Waals surface area contributed by atoms with Crippen LogP contribution in [0.25, 0.3) is 0 Å². The summed E-state index contributed by atoms with van der Waals surface area (Å²) in [6, 6.07) is 1.81. The second-order valence-electron chi connectivity index (χ2n) is 1.89. The van der Waals surface area contributed by atoms with Crippen molar-refractivity contribution in [3.63, 3.8) is 0 Å². The molecule has 0 spiro atoms. The number of anilines is 1. The highest BCUT2D eigenvalue weighted by Crippen LogP contribution is 2.24. The first-order chi connectivity index (χ1) is 5.16. The van der Waals surface area contributed by atoms with Crippen molar-refractivity contribution in [3.8, 4) is 0 Å². The van der Waals surface area contributed by atoms with E-state index in [4.69, 9.17) is 5.73 Å². The van der Waals surface area contributed by atoms with Crippen LogP contribution < -0.4 is 5.73 Å². The minimum absolute atomic E-state index is 0.482. The summed E-state index contributed by atoms with van der Waals surface area (Å²) in [5.74, 6) is -2.00. The first kappa shape index (κ1) is 7.59. The summed E-state index contributed by atoms with van der Waals surface area (Å²) in [6.45, 7) is 0. The third kappa shape index (κ3) is 1.17. The van der Waals surface area contributed by atoms with Gasteiger partial charge in [-0.05, 0) is 17.3 Å². The van der Waals surface area contributed by atoms with E-state index in [2.05, 4.69) is 5.18 Å². The molecule has 3 nitrogen and oxygen atoms in total. The highest BCUT2D eigenvalue weighted by molar-refractivity contribution is 5.53. The summed E-state index contributed by atoms with van der Waals surface area (Å²) in [5.41, 5.74) is 3.75. The molecule has 0 saturated carbocycles. The van der Waals surface area contributed by atoms with Gasteiger partial charge in [0.1, 0.15) is 17.2 Å². The van der Waals surface area contributed by atoms with Crippen LogP contribution in [0.1, 0.15) is 0 Å². The molecule has 0 heterocycles. The molecule has 0 aromatic heterocycles. The average Bonchev–Trinajstić information content (AvgIpc) is 2.01. The Kier molecular flexibility index (Phi) is 1.80. The van der Waals surface area contributed by atoms with Crippen LogP contribution in [0, 0.1) is 16.5 Å². The van der Waals surface area contributed by atoms with E-state index in [1.165, 1.54) is 0 Å².